The molecule has 0 radical (unpaired) electrons. The molecule has 0 fully saturated rings. The fourth-order valence-electron chi connectivity index (χ4n) is 2.03. The number of nitrogens with one attached hydrogen (secondary N) is 1. The summed E-state index contributed by atoms with van der Waals surface area (Å²) in [5, 5.41) is 11.4. The van der Waals surface area contributed by atoms with Crippen LogP contribution < -0.4 is 4.74 Å². The van der Waals surface area contributed by atoms with Crippen LogP contribution in [0.1, 0.15) is 12.5 Å². The zero-order chi connectivity index (χ0) is 16.1. The molecule has 23 heavy (non-hydrogen) atoms. The predicted molar refractivity (Wildman–Crippen MR) is 91.2 cm³/mol. The summed E-state index contributed by atoms with van der Waals surface area (Å²) in [7, 11) is 0. The number of pyridine rings is 1. The number of H-pyrrole nitrogens is 1. The van der Waals surface area contributed by atoms with E-state index in [-0.39, 0.29) is 0 Å². The molecule has 6 nitrogen and oxygen atoms in total. The van der Waals surface area contributed by atoms with Gasteiger partial charge in [-0.05, 0) is 61.1 Å². The second-order valence-electron chi connectivity index (χ2n) is 4.65. The molecule has 0 aliphatic heterocycles. The summed E-state index contributed by atoms with van der Waals surface area (Å²) in [6.45, 7) is 2.58. The molecule has 3 aromatic rings. The van der Waals surface area contributed by atoms with Crippen LogP contribution in [0.4, 0.5) is 0 Å². The molecule has 116 valence electrons. The Bertz CT molecular complexity index is 852. The Morgan fingerprint density at radius 2 is 1.96 bits per heavy atom. The van der Waals surface area contributed by atoms with Gasteiger partial charge in [0.15, 0.2) is 5.82 Å². The van der Waals surface area contributed by atoms with Crippen LogP contribution >= 0.6 is 12.2 Å². The van der Waals surface area contributed by atoms with Gasteiger partial charge >= 0.3 is 0 Å². The molecule has 7 heteroatoms. The van der Waals surface area contributed by atoms with Gasteiger partial charge in [0, 0.05) is 18.0 Å². The highest BCUT2D eigenvalue weighted by atomic mass is 32.1. The molecule has 0 aliphatic carbocycles. The first kappa shape index (κ1) is 15.1. The summed E-state index contributed by atoms with van der Waals surface area (Å²) in [5.41, 5.74) is 1.83. The van der Waals surface area contributed by atoms with Crippen molar-refractivity contribution in [1.82, 2.24) is 19.9 Å². The molecule has 0 aliphatic rings. The standard InChI is InChI=1S/C16H15N5OS/c1-2-22-14-5-3-13(4-6-14)15-19-20-16(23)21(15)18-11-12-7-9-17-10-8-12/h3-11H,2H2,1H3,(H,20,23)/b18-11-. The Labute approximate surface area is 138 Å². The first-order valence-electron chi connectivity index (χ1n) is 7.13. The van der Waals surface area contributed by atoms with E-state index < -0.39 is 0 Å². The van der Waals surface area contributed by atoms with E-state index in [1.165, 1.54) is 0 Å². The largest absolute Gasteiger partial charge is 0.494 e. The summed E-state index contributed by atoms with van der Waals surface area (Å²) >= 11 is 5.25. The maximum Gasteiger partial charge on any atom is 0.216 e. The monoisotopic (exact) mass is 325 g/mol. The third-order valence-electron chi connectivity index (χ3n) is 3.10. The molecule has 0 saturated carbocycles. The fourth-order valence-corrected chi connectivity index (χ4v) is 2.21. The summed E-state index contributed by atoms with van der Waals surface area (Å²) < 4.78 is 7.46. The van der Waals surface area contributed by atoms with E-state index in [2.05, 4.69) is 20.3 Å². The fraction of sp³-hybridized carbons (Fsp3) is 0.125. The van der Waals surface area contributed by atoms with Gasteiger partial charge in [-0.2, -0.15) is 14.9 Å². The van der Waals surface area contributed by atoms with Gasteiger partial charge in [0.05, 0.1) is 12.8 Å². The van der Waals surface area contributed by atoms with E-state index in [1.54, 1.807) is 23.3 Å². The van der Waals surface area contributed by atoms with Gasteiger partial charge < -0.3 is 4.74 Å². The molecule has 1 aromatic carbocycles. The Balaban J connectivity index is 1.92. The number of aromatic nitrogens is 4. The average molecular weight is 325 g/mol. The summed E-state index contributed by atoms with van der Waals surface area (Å²) in [5.74, 6) is 1.46. The van der Waals surface area contributed by atoms with E-state index in [1.807, 2.05) is 43.3 Å². The van der Waals surface area contributed by atoms with Crippen LogP contribution in [0.5, 0.6) is 5.75 Å². The Morgan fingerprint density at radius 3 is 2.65 bits per heavy atom. The van der Waals surface area contributed by atoms with E-state index in [9.17, 15) is 0 Å². The molecule has 0 unspecified atom stereocenters. The highest BCUT2D eigenvalue weighted by Crippen LogP contribution is 2.21. The van der Waals surface area contributed by atoms with Crippen LogP contribution in [0.3, 0.4) is 0 Å². The van der Waals surface area contributed by atoms with Gasteiger partial charge in [0.25, 0.3) is 0 Å². The SMILES string of the molecule is CCOc1ccc(-c2n[nH]c(=S)n2/N=C\c2ccncc2)cc1. The summed E-state index contributed by atoms with van der Waals surface area (Å²) in [6.07, 6.45) is 5.14. The van der Waals surface area contributed by atoms with E-state index in [0.717, 1.165) is 16.9 Å². The molecule has 0 atom stereocenters. The van der Waals surface area contributed by atoms with Gasteiger partial charge in [0.2, 0.25) is 4.77 Å². The van der Waals surface area contributed by atoms with Crippen molar-refractivity contribution in [2.24, 2.45) is 5.10 Å². The van der Waals surface area contributed by atoms with E-state index in [0.29, 0.717) is 17.2 Å². The minimum Gasteiger partial charge on any atom is -0.494 e. The van der Waals surface area contributed by atoms with Crippen molar-refractivity contribution in [1.29, 1.82) is 0 Å². The topological polar surface area (TPSA) is 68.1 Å². The Kier molecular flexibility index (Phi) is 4.58. The Morgan fingerprint density at radius 1 is 1.22 bits per heavy atom. The van der Waals surface area contributed by atoms with Crippen molar-refractivity contribution in [3.63, 3.8) is 0 Å². The molecule has 3 rings (SSSR count). The molecule has 0 amide bonds. The lowest BCUT2D eigenvalue weighted by Gasteiger charge is -2.04. The lowest BCUT2D eigenvalue weighted by atomic mass is 10.2. The van der Waals surface area contributed by atoms with Crippen molar-refractivity contribution < 1.29 is 4.74 Å². The number of nitrogens with zero attached hydrogens (tertiary/aromatic N) is 4. The van der Waals surface area contributed by atoms with Crippen molar-refractivity contribution >= 4 is 18.4 Å². The van der Waals surface area contributed by atoms with Crippen LogP contribution in [0.25, 0.3) is 11.4 Å². The normalized spacial score (nSPS) is 11.0. The minimum absolute atomic E-state index is 0.430. The maximum absolute atomic E-state index is 5.45. The van der Waals surface area contributed by atoms with Gasteiger partial charge in [-0.15, -0.1) is 0 Å². The zero-order valence-electron chi connectivity index (χ0n) is 12.5. The zero-order valence-corrected chi connectivity index (χ0v) is 13.3. The van der Waals surface area contributed by atoms with Crippen molar-refractivity contribution in [2.45, 2.75) is 6.92 Å². The number of aromatic amines is 1. The van der Waals surface area contributed by atoms with Crippen LogP contribution in [0, 0.1) is 4.77 Å². The highest BCUT2D eigenvalue weighted by Gasteiger charge is 2.08. The number of ether oxygens (including phenoxy) is 1. The maximum atomic E-state index is 5.45. The number of hydrogen-bond acceptors (Lipinski definition) is 5. The van der Waals surface area contributed by atoms with Crippen LogP contribution in [0.15, 0.2) is 53.9 Å². The first-order valence-corrected chi connectivity index (χ1v) is 7.54. The minimum atomic E-state index is 0.430. The summed E-state index contributed by atoms with van der Waals surface area (Å²) in [6, 6.07) is 11.4. The molecule has 0 bridgehead atoms. The highest BCUT2D eigenvalue weighted by molar-refractivity contribution is 7.71. The third-order valence-corrected chi connectivity index (χ3v) is 3.37. The quantitative estimate of drug-likeness (QED) is 0.577. The molecule has 1 N–H and O–H groups in total. The lowest BCUT2D eigenvalue weighted by molar-refractivity contribution is 0.340. The molecular formula is C16H15N5OS. The van der Waals surface area contributed by atoms with E-state index in [4.69, 9.17) is 17.0 Å². The van der Waals surface area contributed by atoms with Gasteiger partial charge in [-0.1, -0.05) is 0 Å². The summed E-state index contributed by atoms with van der Waals surface area (Å²) in [4.78, 5) is 3.98. The number of rotatable bonds is 5. The average Bonchev–Trinajstić information content (AvgIpc) is 2.96. The predicted octanol–water partition coefficient (Wildman–Crippen LogP) is 3.28. The van der Waals surface area contributed by atoms with Crippen molar-refractivity contribution in [2.75, 3.05) is 6.61 Å². The second-order valence-corrected chi connectivity index (χ2v) is 5.03. The van der Waals surface area contributed by atoms with Gasteiger partial charge in [0.1, 0.15) is 5.75 Å². The van der Waals surface area contributed by atoms with Crippen LogP contribution in [0.2, 0.25) is 0 Å². The van der Waals surface area contributed by atoms with Crippen molar-refractivity contribution in [3.8, 4) is 17.1 Å². The number of hydrogen-bond donors (Lipinski definition) is 1. The van der Waals surface area contributed by atoms with E-state index >= 15 is 0 Å². The smallest absolute Gasteiger partial charge is 0.216 e. The molecule has 2 aromatic heterocycles. The van der Waals surface area contributed by atoms with Crippen LogP contribution in [-0.4, -0.2) is 32.7 Å². The first-order chi connectivity index (χ1) is 11.3. The molecular weight excluding hydrogens is 310 g/mol. The third kappa shape index (κ3) is 3.51. The second kappa shape index (κ2) is 6.97. The Hall–Kier alpha value is -2.80. The van der Waals surface area contributed by atoms with Gasteiger partial charge in [-0.25, -0.2) is 5.10 Å². The molecule has 0 spiro atoms. The molecule has 0 saturated heterocycles. The van der Waals surface area contributed by atoms with Gasteiger partial charge in [-0.3, -0.25) is 4.98 Å². The molecule has 2 heterocycles. The number of benzene rings is 1. The lowest BCUT2D eigenvalue weighted by Crippen LogP contribution is -1.96. The van der Waals surface area contributed by atoms with Crippen molar-refractivity contribution in [3.05, 3.63) is 59.1 Å². The van der Waals surface area contributed by atoms with Crippen LogP contribution in [-0.2, 0) is 0 Å².